The topological polar surface area (TPSA) is 61.0 Å². The smallest absolute Gasteiger partial charge is 0.169 e. The van der Waals surface area contributed by atoms with E-state index in [0.29, 0.717) is 18.2 Å². The van der Waals surface area contributed by atoms with Crippen molar-refractivity contribution in [2.75, 3.05) is 5.73 Å². The van der Waals surface area contributed by atoms with E-state index < -0.39 is 0 Å². The SMILES string of the molecule is Nc1nc(COc2ccccc2)nc2sc3c(c12)CCC3. The number of benzene rings is 1. The highest BCUT2D eigenvalue weighted by Gasteiger charge is 2.21. The third-order valence-electron chi connectivity index (χ3n) is 3.75. The Hall–Kier alpha value is -2.14. The molecule has 0 saturated heterocycles. The first-order valence-corrected chi connectivity index (χ1v) is 7.87. The van der Waals surface area contributed by atoms with E-state index in [2.05, 4.69) is 9.97 Å². The number of fused-ring (bicyclic) bond motifs is 3. The molecule has 0 amide bonds. The summed E-state index contributed by atoms with van der Waals surface area (Å²) >= 11 is 1.75. The van der Waals surface area contributed by atoms with Gasteiger partial charge in [0.25, 0.3) is 0 Å². The van der Waals surface area contributed by atoms with Crippen LogP contribution in [0.15, 0.2) is 30.3 Å². The van der Waals surface area contributed by atoms with Gasteiger partial charge in [-0.05, 0) is 37.0 Å². The number of nitrogens with zero attached hydrogens (tertiary/aromatic N) is 2. The van der Waals surface area contributed by atoms with Crippen LogP contribution in [-0.4, -0.2) is 9.97 Å². The molecule has 1 aliphatic carbocycles. The Balaban J connectivity index is 1.65. The van der Waals surface area contributed by atoms with Crippen molar-refractivity contribution in [2.24, 2.45) is 0 Å². The maximum atomic E-state index is 6.14. The molecule has 0 aliphatic heterocycles. The number of hydrogen-bond acceptors (Lipinski definition) is 5. The Labute approximate surface area is 126 Å². The van der Waals surface area contributed by atoms with Crippen molar-refractivity contribution in [1.29, 1.82) is 0 Å². The minimum atomic E-state index is 0.340. The van der Waals surface area contributed by atoms with Crippen molar-refractivity contribution in [3.63, 3.8) is 0 Å². The third kappa shape index (κ3) is 2.23. The second kappa shape index (κ2) is 5.00. The highest BCUT2D eigenvalue weighted by Crippen LogP contribution is 2.38. The quantitative estimate of drug-likeness (QED) is 0.805. The molecule has 2 aromatic heterocycles. The first-order chi connectivity index (χ1) is 10.3. The van der Waals surface area contributed by atoms with Crippen LogP contribution in [0.5, 0.6) is 5.75 Å². The Morgan fingerprint density at radius 1 is 1.14 bits per heavy atom. The van der Waals surface area contributed by atoms with Gasteiger partial charge < -0.3 is 10.5 Å². The highest BCUT2D eigenvalue weighted by atomic mass is 32.1. The lowest BCUT2D eigenvalue weighted by Crippen LogP contribution is -2.04. The number of aryl methyl sites for hydroxylation is 2. The van der Waals surface area contributed by atoms with Crippen molar-refractivity contribution >= 4 is 27.4 Å². The van der Waals surface area contributed by atoms with E-state index in [9.17, 15) is 0 Å². The minimum Gasteiger partial charge on any atom is -0.486 e. The molecular weight excluding hydrogens is 282 g/mol. The van der Waals surface area contributed by atoms with Crippen molar-refractivity contribution in [1.82, 2.24) is 9.97 Å². The monoisotopic (exact) mass is 297 g/mol. The van der Waals surface area contributed by atoms with Gasteiger partial charge in [0.15, 0.2) is 5.82 Å². The van der Waals surface area contributed by atoms with Crippen LogP contribution in [0.2, 0.25) is 0 Å². The van der Waals surface area contributed by atoms with Crippen molar-refractivity contribution in [3.05, 3.63) is 46.6 Å². The molecule has 0 fully saturated rings. The van der Waals surface area contributed by atoms with Gasteiger partial charge in [-0.25, -0.2) is 9.97 Å². The minimum absolute atomic E-state index is 0.340. The van der Waals surface area contributed by atoms with Crippen LogP contribution >= 0.6 is 11.3 Å². The number of anilines is 1. The molecule has 3 aromatic rings. The van der Waals surface area contributed by atoms with Crippen molar-refractivity contribution < 1.29 is 4.74 Å². The summed E-state index contributed by atoms with van der Waals surface area (Å²) in [4.78, 5) is 11.5. The molecule has 5 heteroatoms. The fourth-order valence-electron chi connectivity index (χ4n) is 2.80. The average molecular weight is 297 g/mol. The molecule has 106 valence electrons. The zero-order valence-electron chi connectivity index (χ0n) is 11.5. The Morgan fingerprint density at radius 3 is 2.86 bits per heavy atom. The van der Waals surface area contributed by atoms with Gasteiger partial charge in [0.05, 0.1) is 5.39 Å². The molecular formula is C16H15N3OS. The first kappa shape index (κ1) is 12.6. The van der Waals surface area contributed by atoms with Gasteiger partial charge in [-0.15, -0.1) is 11.3 Å². The number of hydrogen-bond donors (Lipinski definition) is 1. The Bertz CT molecular complexity index is 798. The van der Waals surface area contributed by atoms with Crippen LogP contribution in [0.1, 0.15) is 22.7 Å². The molecule has 1 aliphatic rings. The average Bonchev–Trinajstić information content (AvgIpc) is 3.06. The number of ether oxygens (including phenoxy) is 1. The van der Waals surface area contributed by atoms with E-state index >= 15 is 0 Å². The molecule has 0 saturated carbocycles. The number of rotatable bonds is 3. The maximum absolute atomic E-state index is 6.14. The molecule has 2 heterocycles. The van der Waals surface area contributed by atoms with Gasteiger partial charge in [-0.3, -0.25) is 0 Å². The van der Waals surface area contributed by atoms with Gasteiger partial charge in [-0.2, -0.15) is 0 Å². The summed E-state index contributed by atoms with van der Waals surface area (Å²) in [5.74, 6) is 2.04. The van der Waals surface area contributed by atoms with E-state index in [4.69, 9.17) is 10.5 Å². The molecule has 0 bridgehead atoms. The number of nitrogen functional groups attached to an aromatic ring is 1. The Kier molecular flexibility index (Phi) is 3.00. The summed E-state index contributed by atoms with van der Waals surface area (Å²) in [6.07, 6.45) is 3.46. The van der Waals surface area contributed by atoms with E-state index in [-0.39, 0.29) is 0 Å². The van der Waals surface area contributed by atoms with Gasteiger partial charge >= 0.3 is 0 Å². The van der Waals surface area contributed by atoms with Crippen LogP contribution in [0, 0.1) is 0 Å². The lowest BCUT2D eigenvalue weighted by atomic mass is 10.2. The molecule has 21 heavy (non-hydrogen) atoms. The van der Waals surface area contributed by atoms with E-state index in [1.54, 1.807) is 11.3 Å². The maximum Gasteiger partial charge on any atom is 0.169 e. The summed E-state index contributed by atoms with van der Waals surface area (Å²) < 4.78 is 5.70. The zero-order chi connectivity index (χ0) is 14.2. The van der Waals surface area contributed by atoms with Gasteiger partial charge in [-0.1, -0.05) is 18.2 Å². The normalized spacial score (nSPS) is 13.5. The third-order valence-corrected chi connectivity index (χ3v) is 4.94. The van der Waals surface area contributed by atoms with Crippen LogP contribution in [0.3, 0.4) is 0 Å². The molecule has 4 rings (SSSR count). The number of thiophene rings is 1. The summed E-state index contributed by atoms with van der Waals surface area (Å²) in [6, 6.07) is 9.68. The molecule has 0 radical (unpaired) electrons. The zero-order valence-corrected chi connectivity index (χ0v) is 12.3. The predicted molar refractivity (Wildman–Crippen MR) is 84.6 cm³/mol. The lowest BCUT2D eigenvalue weighted by Gasteiger charge is -2.06. The highest BCUT2D eigenvalue weighted by molar-refractivity contribution is 7.19. The second-order valence-corrected chi connectivity index (χ2v) is 6.25. The fraction of sp³-hybridized carbons (Fsp3) is 0.250. The molecule has 4 nitrogen and oxygen atoms in total. The molecule has 0 atom stereocenters. The predicted octanol–water partition coefficient (Wildman–Crippen LogP) is 3.34. The van der Waals surface area contributed by atoms with Gasteiger partial charge in [0, 0.05) is 4.88 Å². The number of para-hydroxylation sites is 1. The van der Waals surface area contributed by atoms with Crippen LogP contribution in [0.4, 0.5) is 5.82 Å². The standard InChI is InChI=1S/C16H15N3OS/c17-15-14-11-7-4-8-12(11)21-16(14)19-13(18-15)9-20-10-5-2-1-3-6-10/h1-3,5-6H,4,7-9H2,(H2,17,18,19). The summed E-state index contributed by atoms with van der Waals surface area (Å²) in [7, 11) is 0. The second-order valence-electron chi connectivity index (χ2n) is 5.16. The molecule has 2 N–H and O–H groups in total. The van der Waals surface area contributed by atoms with E-state index in [0.717, 1.165) is 28.8 Å². The largest absolute Gasteiger partial charge is 0.486 e. The Morgan fingerprint density at radius 2 is 2.00 bits per heavy atom. The fourth-order valence-corrected chi connectivity index (χ4v) is 4.09. The summed E-state index contributed by atoms with van der Waals surface area (Å²) in [5, 5.41) is 1.07. The molecule has 0 spiro atoms. The number of nitrogens with two attached hydrogens (primary N) is 1. The van der Waals surface area contributed by atoms with Gasteiger partial charge in [0.2, 0.25) is 0 Å². The summed E-state index contributed by atoms with van der Waals surface area (Å²) in [5.41, 5.74) is 7.51. The molecule has 1 aromatic carbocycles. The van der Waals surface area contributed by atoms with Crippen molar-refractivity contribution in [3.8, 4) is 5.75 Å². The summed E-state index contributed by atoms with van der Waals surface area (Å²) in [6.45, 7) is 0.340. The van der Waals surface area contributed by atoms with Gasteiger partial charge in [0.1, 0.15) is 23.0 Å². The van der Waals surface area contributed by atoms with Crippen LogP contribution < -0.4 is 10.5 Å². The first-order valence-electron chi connectivity index (χ1n) is 7.06. The number of aromatic nitrogens is 2. The lowest BCUT2D eigenvalue weighted by molar-refractivity contribution is 0.296. The molecule has 0 unspecified atom stereocenters. The van der Waals surface area contributed by atoms with Crippen LogP contribution in [-0.2, 0) is 19.4 Å². The van der Waals surface area contributed by atoms with E-state index in [1.165, 1.54) is 16.9 Å². The van der Waals surface area contributed by atoms with Crippen molar-refractivity contribution in [2.45, 2.75) is 25.9 Å². The van der Waals surface area contributed by atoms with E-state index in [1.807, 2.05) is 30.3 Å². The van der Waals surface area contributed by atoms with Crippen LogP contribution in [0.25, 0.3) is 10.2 Å².